The van der Waals surface area contributed by atoms with Gasteiger partial charge in [0.25, 0.3) is 5.56 Å². The van der Waals surface area contributed by atoms with E-state index in [9.17, 15) is 19.5 Å². The number of hydrogen-bond donors (Lipinski definition) is 1. The average Bonchev–Trinajstić information content (AvgIpc) is 2.67. The first-order valence-corrected chi connectivity index (χ1v) is 8.90. The first kappa shape index (κ1) is 18.7. The van der Waals surface area contributed by atoms with E-state index < -0.39 is 5.97 Å². The van der Waals surface area contributed by atoms with Crippen molar-refractivity contribution in [3.63, 3.8) is 0 Å². The van der Waals surface area contributed by atoms with Gasteiger partial charge in [-0.25, -0.2) is 14.6 Å². The minimum absolute atomic E-state index is 0.0849. The maximum Gasteiger partial charge on any atom is 0.409 e. The Labute approximate surface area is 155 Å². The molecule has 1 fully saturated rings. The van der Waals surface area contributed by atoms with Crippen LogP contribution in [0.4, 0.5) is 10.7 Å². The number of hydrogen-bond acceptors (Lipinski definition) is 6. The molecule has 2 aromatic rings. The molecule has 1 amide bonds. The monoisotopic (exact) mass is 374 g/mol. The van der Waals surface area contributed by atoms with E-state index in [0.29, 0.717) is 56.2 Å². The van der Waals surface area contributed by atoms with E-state index in [0.717, 1.165) is 0 Å². The molecule has 1 saturated heterocycles. The Morgan fingerprint density at radius 3 is 2.48 bits per heavy atom. The molecule has 0 spiro atoms. The molecule has 0 aliphatic carbocycles. The summed E-state index contributed by atoms with van der Waals surface area (Å²) in [5.41, 5.74) is 0.233. The van der Waals surface area contributed by atoms with Crippen LogP contribution in [0.15, 0.2) is 23.0 Å². The van der Waals surface area contributed by atoms with Gasteiger partial charge in [0, 0.05) is 32.7 Å². The van der Waals surface area contributed by atoms with Crippen molar-refractivity contribution in [2.24, 2.45) is 0 Å². The smallest absolute Gasteiger partial charge is 0.409 e. The van der Waals surface area contributed by atoms with Crippen LogP contribution in [0.25, 0.3) is 10.9 Å². The Morgan fingerprint density at radius 1 is 1.19 bits per heavy atom. The molecule has 0 radical (unpaired) electrons. The molecule has 3 rings (SSSR count). The highest BCUT2D eigenvalue weighted by Gasteiger charge is 2.25. The van der Waals surface area contributed by atoms with Crippen LogP contribution in [-0.4, -0.2) is 64.4 Å². The van der Waals surface area contributed by atoms with Gasteiger partial charge in [-0.3, -0.25) is 9.36 Å². The summed E-state index contributed by atoms with van der Waals surface area (Å²) < 4.78 is 6.59. The molecule has 9 heteroatoms. The fourth-order valence-corrected chi connectivity index (χ4v) is 3.17. The van der Waals surface area contributed by atoms with E-state index in [1.807, 2.05) is 11.8 Å². The van der Waals surface area contributed by atoms with Gasteiger partial charge in [0.1, 0.15) is 0 Å². The number of nitrogens with zero attached hydrogens (tertiary/aromatic N) is 4. The third kappa shape index (κ3) is 3.57. The zero-order chi connectivity index (χ0) is 19.6. The quantitative estimate of drug-likeness (QED) is 0.862. The topological polar surface area (TPSA) is 105 Å². The Bertz CT molecular complexity index is 931. The van der Waals surface area contributed by atoms with Gasteiger partial charge in [-0.2, -0.15) is 0 Å². The average molecular weight is 374 g/mol. The number of piperazine rings is 1. The summed E-state index contributed by atoms with van der Waals surface area (Å²) in [6, 6.07) is 4.33. The van der Waals surface area contributed by atoms with E-state index in [4.69, 9.17) is 4.74 Å². The van der Waals surface area contributed by atoms with E-state index in [-0.39, 0.29) is 17.2 Å². The highest BCUT2D eigenvalue weighted by Crippen LogP contribution is 2.18. The van der Waals surface area contributed by atoms with E-state index >= 15 is 0 Å². The first-order valence-electron chi connectivity index (χ1n) is 8.90. The van der Waals surface area contributed by atoms with Crippen LogP contribution in [0.2, 0.25) is 0 Å². The van der Waals surface area contributed by atoms with Gasteiger partial charge in [0.05, 0.1) is 23.1 Å². The maximum absolute atomic E-state index is 12.8. The summed E-state index contributed by atoms with van der Waals surface area (Å²) in [7, 11) is 0. The number of carboxylic acid groups (broad SMARTS) is 1. The van der Waals surface area contributed by atoms with E-state index in [1.165, 1.54) is 18.2 Å². The molecule has 0 bridgehead atoms. The third-order valence-electron chi connectivity index (χ3n) is 4.59. The largest absolute Gasteiger partial charge is 0.478 e. The van der Waals surface area contributed by atoms with Gasteiger partial charge in [-0.1, -0.05) is 0 Å². The summed E-state index contributed by atoms with van der Waals surface area (Å²) >= 11 is 0. The number of aromatic nitrogens is 2. The lowest BCUT2D eigenvalue weighted by atomic mass is 10.1. The third-order valence-corrected chi connectivity index (χ3v) is 4.59. The Hall–Kier alpha value is -3.10. The second-order valence-corrected chi connectivity index (χ2v) is 6.17. The molecular formula is C18H22N4O5. The van der Waals surface area contributed by atoms with Crippen LogP contribution in [0.3, 0.4) is 0 Å². The summed E-state index contributed by atoms with van der Waals surface area (Å²) in [4.78, 5) is 44.0. The van der Waals surface area contributed by atoms with Crippen LogP contribution < -0.4 is 10.5 Å². The molecule has 0 unspecified atom stereocenters. The highest BCUT2D eigenvalue weighted by molar-refractivity contribution is 5.93. The standard InChI is InChI=1S/C18H22N4O5/c1-3-22-15(23)13-6-5-12(16(24)25)11-14(13)19-17(22)20-7-9-21(10-8-20)18(26)27-4-2/h5-6,11H,3-4,7-10H2,1-2H3,(H,24,25). The second kappa shape index (κ2) is 7.65. The lowest BCUT2D eigenvalue weighted by molar-refractivity contribution is 0.0697. The SMILES string of the molecule is CCOC(=O)N1CCN(c2nc3cc(C(=O)O)ccc3c(=O)n2CC)CC1. The number of rotatable bonds is 4. The lowest BCUT2D eigenvalue weighted by Crippen LogP contribution is -2.50. The molecule has 1 N–H and O–H groups in total. The Morgan fingerprint density at radius 2 is 1.89 bits per heavy atom. The molecule has 2 heterocycles. The normalized spacial score (nSPS) is 14.4. The van der Waals surface area contributed by atoms with Crippen molar-refractivity contribution in [1.82, 2.24) is 14.5 Å². The van der Waals surface area contributed by atoms with Crippen molar-refractivity contribution in [3.8, 4) is 0 Å². The summed E-state index contributed by atoms with van der Waals surface area (Å²) in [6.45, 7) is 6.34. The lowest BCUT2D eigenvalue weighted by Gasteiger charge is -2.35. The number of anilines is 1. The number of aromatic carboxylic acids is 1. The van der Waals surface area contributed by atoms with Gasteiger partial charge in [-0.15, -0.1) is 0 Å². The highest BCUT2D eigenvalue weighted by atomic mass is 16.6. The van der Waals surface area contributed by atoms with Crippen LogP contribution in [0.1, 0.15) is 24.2 Å². The number of benzene rings is 1. The Kier molecular flexibility index (Phi) is 5.29. The number of carbonyl (C=O) groups is 2. The summed E-state index contributed by atoms with van der Waals surface area (Å²) in [5.74, 6) is -0.580. The predicted octanol–water partition coefficient (Wildman–Crippen LogP) is 1.39. The molecule has 0 atom stereocenters. The van der Waals surface area contributed by atoms with Crippen LogP contribution in [-0.2, 0) is 11.3 Å². The molecule has 1 aliphatic heterocycles. The molecule has 1 aliphatic rings. The van der Waals surface area contributed by atoms with Gasteiger partial charge in [0.2, 0.25) is 5.95 Å². The van der Waals surface area contributed by atoms with Crippen LogP contribution in [0.5, 0.6) is 0 Å². The van der Waals surface area contributed by atoms with Gasteiger partial charge < -0.3 is 19.6 Å². The number of amides is 1. The maximum atomic E-state index is 12.8. The Balaban J connectivity index is 1.95. The molecular weight excluding hydrogens is 352 g/mol. The molecule has 1 aromatic heterocycles. The van der Waals surface area contributed by atoms with Crippen molar-refractivity contribution in [2.75, 3.05) is 37.7 Å². The number of carboxylic acids is 1. The first-order chi connectivity index (χ1) is 13.0. The van der Waals surface area contributed by atoms with E-state index in [1.54, 1.807) is 16.4 Å². The van der Waals surface area contributed by atoms with Gasteiger partial charge in [-0.05, 0) is 32.0 Å². The number of ether oxygens (including phenoxy) is 1. The van der Waals surface area contributed by atoms with Crippen molar-refractivity contribution in [2.45, 2.75) is 20.4 Å². The summed E-state index contributed by atoms with van der Waals surface area (Å²) in [6.07, 6.45) is -0.345. The zero-order valence-electron chi connectivity index (χ0n) is 15.3. The fourth-order valence-electron chi connectivity index (χ4n) is 3.17. The van der Waals surface area contributed by atoms with Gasteiger partial charge in [0.15, 0.2) is 0 Å². The number of fused-ring (bicyclic) bond motifs is 1. The van der Waals surface area contributed by atoms with E-state index in [2.05, 4.69) is 4.98 Å². The zero-order valence-corrected chi connectivity index (χ0v) is 15.3. The molecule has 1 aromatic carbocycles. The van der Waals surface area contributed by atoms with Crippen LogP contribution in [0, 0.1) is 0 Å². The van der Waals surface area contributed by atoms with Crippen molar-refractivity contribution in [1.29, 1.82) is 0 Å². The fraction of sp³-hybridized carbons (Fsp3) is 0.444. The second-order valence-electron chi connectivity index (χ2n) is 6.17. The number of carbonyl (C=O) groups excluding carboxylic acids is 1. The molecule has 144 valence electrons. The molecule has 27 heavy (non-hydrogen) atoms. The molecule has 0 saturated carbocycles. The van der Waals surface area contributed by atoms with Crippen molar-refractivity contribution >= 4 is 28.9 Å². The minimum atomic E-state index is -1.07. The van der Waals surface area contributed by atoms with Crippen molar-refractivity contribution in [3.05, 3.63) is 34.1 Å². The summed E-state index contributed by atoms with van der Waals surface area (Å²) in [5, 5.41) is 9.57. The van der Waals surface area contributed by atoms with Crippen LogP contribution >= 0.6 is 0 Å². The molecule has 9 nitrogen and oxygen atoms in total. The minimum Gasteiger partial charge on any atom is -0.478 e. The predicted molar refractivity (Wildman–Crippen MR) is 99.4 cm³/mol. The van der Waals surface area contributed by atoms with Crippen molar-refractivity contribution < 1.29 is 19.4 Å². The van der Waals surface area contributed by atoms with Gasteiger partial charge >= 0.3 is 12.1 Å².